The van der Waals surface area contributed by atoms with Crippen LogP contribution in [0.15, 0.2) is 29.2 Å². The first-order valence-electron chi connectivity index (χ1n) is 6.10. The predicted molar refractivity (Wildman–Crippen MR) is 76.2 cm³/mol. The molecular weight excluding hydrogens is 280 g/mol. The second-order valence-electron chi connectivity index (χ2n) is 4.05. The maximum absolute atomic E-state index is 11.7. The Hall–Kier alpha value is -1.37. The van der Waals surface area contributed by atoms with Gasteiger partial charge in [-0.25, -0.2) is 0 Å². The smallest absolute Gasteiger partial charge is 0.303 e. The molecule has 20 heavy (non-hydrogen) atoms. The van der Waals surface area contributed by atoms with Crippen LogP contribution in [0, 0.1) is 0 Å². The Morgan fingerprint density at radius 3 is 2.25 bits per heavy atom. The van der Waals surface area contributed by atoms with Gasteiger partial charge in [0.05, 0.1) is 6.42 Å². The predicted octanol–water partition coefficient (Wildman–Crippen LogP) is 2.45. The fourth-order valence-electron chi connectivity index (χ4n) is 1.50. The van der Waals surface area contributed by atoms with Gasteiger partial charge in [0, 0.05) is 36.9 Å². The molecule has 110 valence electrons. The van der Waals surface area contributed by atoms with Crippen LogP contribution in [-0.2, 0) is 14.3 Å². The Labute approximate surface area is 122 Å². The van der Waals surface area contributed by atoms with Crippen molar-refractivity contribution >= 4 is 23.5 Å². The van der Waals surface area contributed by atoms with Gasteiger partial charge in [0.25, 0.3) is 0 Å². The van der Waals surface area contributed by atoms with Gasteiger partial charge in [-0.2, -0.15) is 0 Å². The summed E-state index contributed by atoms with van der Waals surface area (Å²) in [5, 5.41) is 8.54. The minimum atomic E-state index is -0.962. The zero-order chi connectivity index (χ0) is 15.0. The van der Waals surface area contributed by atoms with Crippen molar-refractivity contribution in [1.29, 1.82) is 0 Å². The lowest BCUT2D eigenvalue weighted by Gasteiger charge is -2.12. The summed E-state index contributed by atoms with van der Waals surface area (Å²) < 4.78 is 10.2. The van der Waals surface area contributed by atoms with Crippen LogP contribution in [0.4, 0.5) is 0 Å². The first-order valence-corrected chi connectivity index (χ1v) is 7.08. The number of hydrogen-bond donors (Lipinski definition) is 1. The zero-order valence-electron chi connectivity index (χ0n) is 11.5. The molecule has 1 aromatic rings. The second kappa shape index (κ2) is 8.73. The molecule has 0 aliphatic carbocycles. The van der Waals surface area contributed by atoms with Crippen LogP contribution in [0.25, 0.3) is 0 Å². The van der Waals surface area contributed by atoms with Crippen molar-refractivity contribution in [2.45, 2.75) is 24.0 Å². The summed E-state index contributed by atoms with van der Waals surface area (Å²) in [5.74, 6) is -0.467. The second-order valence-corrected chi connectivity index (χ2v) is 5.15. The zero-order valence-corrected chi connectivity index (χ0v) is 12.3. The fourth-order valence-corrected chi connectivity index (χ4v) is 2.43. The molecule has 1 aromatic carbocycles. The molecule has 0 saturated carbocycles. The van der Waals surface area contributed by atoms with Crippen molar-refractivity contribution in [1.82, 2.24) is 0 Å². The highest BCUT2D eigenvalue weighted by Crippen LogP contribution is 2.20. The number of thioether (sulfide) groups is 1. The first-order chi connectivity index (χ1) is 9.56. The monoisotopic (exact) mass is 298 g/mol. The van der Waals surface area contributed by atoms with Crippen molar-refractivity contribution < 1.29 is 24.2 Å². The molecule has 0 radical (unpaired) electrons. The lowest BCUT2D eigenvalue weighted by molar-refractivity contribution is -0.136. The van der Waals surface area contributed by atoms with Gasteiger partial charge in [-0.3, -0.25) is 9.59 Å². The summed E-state index contributed by atoms with van der Waals surface area (Å²) in [6.45, 7) is 0. The van der Waals surface area contributed by atoms with E-state index in [1.54, 1.807) is 38.1 Å². The molecular formula is C14H18O5S. The van der Waals surface area contributed by atoms with E-state index in [1.165, 1.54) is 0 Å². The van der Waals surface area contributed by atoms with Crippen molar-refractivity contribution in [3.8, 4) is 0 Å². The third-order valence-corrected chi connectivity index (χ3v) is 3.70. The maximum atomic E-state index is 11.7. The fraction of sp³-hybridized carbons (Fsp3) is 0.429. The number of ketones is 1. The summed E-state index contributed by atoms with van der Waals surface area (Å²) in [7, 11) is 3.16. The average Bonchev–Trinajstić information content (AvgIpc) is 2.46. The number of benzene rings is 1. The molecule has 0 aliphatic heterocycles. The van der Waals surface area contributed by atoms with E-state index in [9.17, 15) is 9.59 Å². The van der Waals surface area contributed by atoms with E-state index in [0.29, 0.717) is 11.3 Å². The topological polar surface area (TPSA) is 72.8 Å². The number of carbonyl (C=O) groups is 2. The van der Waals surface area contributed by atoms with Gasteiger partial charge in [-0.1, -0.05) is 12.1 Å². The molecule has 0 spiro atoms. The molecule has 0 bridgehead atoms. The molecule has 0 aromatic heterocycles. The molecule has 0 atom stereocenters. The van der Waals surface area contributed by atoms with E-state index in [4.69, 9.17) is 14.6 Å². The molecule has 0 heterocycles. The SMILES string of the molecule is COC(CSc1ccc(C(=O)CCC(=O)O)cc1)OC. The molecule has 0 unspecified atom stereocenters. The van der Waals surface area contributed by atoms with E-state index >= 15 is 0 Å². The lowest BCUT2D eigenvalue weighted by Crippen LogP contribution is -2.15. The van der Waals surface area contributed by atoms with Crippen molar-refractivity contribution in [2.75, 3.05) is 20.0 Å². The molecule has 0 saturated heterocycles. The summed E-state index contributed by atoms with van der Waals surface area (Å²) in [6, 6.07) is 7.09. The highest BCUT2D eigenvalue weighted by atomic mass is 32.2. The Balaban J connectivity index is 2.51. The highest BCUT2D eigenvalue weighted by molar-refractivity contribution is 7.99. The lowest BCUT2D eigenvalue weighted by atomic mass is 10.1. The number of carbonyl (C=O) groups excluding carboxylic acids is 1. The maximum Gasteiger partial charge on any atom is 0.303 e. The Morgan fingerprint density at radius 1 is 1.15 bits per heavy atom. The standard InChI is InChI=1S/C14H18O5S/c1-18-14(19-2)9-20-11-5-3-10(4-6-11)12(15)7-8-13(16)17/h3-6,14H,7-9H2,1-2H3,(H,16,17). The molecule has 1 N–H and O–H groups in total. The third-order valence-electron chi connectivity index (χ3n) is 2.65. The molecule has 6 heteroatoms. The summed E-state index contributed by atoms with van der Waals surface area (Å²) >= 11 is 1.56. The van der Waals surface area contributed by atoms with Crippen LogP contribution in [0.1, 0.15) is 23.2 Å². The number of methoxy groups -OCH3 is 2. The quantitative estimate of drug-likeness (QED) is 0.429. The molecule has 5 nitrogen and oxygen atoms in total. The molecule has 0 amide bonds. The number of carboxylic acids is 1. The first kappa shape index (κ1) is 16.7. The van der Waals surface area contributed by atoms with Gasteiger partial charge in [0.2, 0.25) is 0 Å². The highest BCUT2D eigenvalue weighted by Gasteiger charge is 2.09. The number of hydrogen-bond acceptors (Lipinski definition) is 5. The summed E-state index contributed by atoms with van der Waals surface area (Å²) in [5.41, 5.74) is 0.533. The van der Waals surface area contributed by atoms with Crippen LogP contribution in [0.3, 0.4) is 0 Å². The van der Waals surface area contributed by atoms with Crippen LogP contribution in [0.5, 0.6) is 0 Å². The van der Waals surface area contributed by atoms with Crippen LogP contribution < -0.4 is 0 Å². The van der Waals surface area contributed by atoms with E-state index in [-0.39, 0.29) is 24.9 Å². The van der Waals surface area contributed by atoms with Crippen LogP contribution in [0.2, 0.25) is 0 Å². The number of carboxylic acid groups (broad SMARTS) is 1. The normalized spacial score (nSPS) is 10.8. The van der Waals surface area contributed by atoms with Gasteiger partial charge >= 0.3 is 5.97 Å². The van der Waals surface area contributed by atoms with Gasteiger partial charge < -0.3 is 14.6 Å². The number of aliphatic carboxylic acids is 1. The van der Waals surface area contributed by atoms with E-state index < -0.39 is 5.97 Å². The minimum absolute atomic E-state index is 0.0250. The van der Waals surface area contributed by atoms with Crippen LogP contribution >= 0.6 is 11.8 Å². The minimum Gasteiger partial charge on any atom is -0.481 e. The largest absolute Gasteiger partial charge is 0.481 e. The van der Waals surface area contributed by atoms with Gasteiger partial charge in [-0.15, -0.1) is 11.8 Å². The number of Topliss-reactive ketones (excluding diaryl/α,β-unsaturated/α-hetero) is 1. The van der Waals surface area contributed by atoms with Crippen molar-refractivity contribution in [3.05, 3.63) is 29.8 Å². The molecule has 0 aliphatic rings. The van der Waals surface area contributed by atoms with Crippen molar-refractivity contribution in [3.63, 3.8) is 0 Å². The Bertz CT molecular complexity index is 439. The molecule has 1 rings (SSSR count). The van der Waals surface area contributed by atoms with Gasteiger partial charge in [-0.05, 0) is 12.1 Å². The van der Waals surface area contributed by atoms with Gasteiger partial charge in [0.1, 0.15) is 0 Å². The third kappa shape index (κ3) is 5.73. The van der Waals surface area contributed by atoms with E-state index in [0.717, 1.165) is 4.90 Å². The summed E-state index contributed by atoms with van der Waals surface area (Å²) in [4.78, 5) is 23.1. The van der Waals surface area contributed by atoms with Crippen molar-refractivity contribution in [2.24, 2.45) is 0 Å². The Kier molecular flexibility index (Phi) is 7.28. The van der Waals surface area contributed by atoms with Crippen LogP contribution in [-0.4, -0.2) is 43.1 Å². The number of rotatable bonds is 9. The van der Waals surface area contributed by atoms with E-state index in [2.05, 4.69) is 0 Å². The molecule has 0 fully saturated rings. The van der Waals surface area contributed by atoms with E-state index in [1.807, 2.05) is 12.1 Å². The van der Waals surface area contributed by atoms with Gasteiger partial charge in [0.15, 0.2) is 12.1 Å². The Morgan fingerprint density at radius 2 is 1.75 bits per heavy atom. The summed E-state index contributed by atoms with van der Waals surface area (Å²) in [6.07, 6.45) is -0.382. The number of ether oxygens (including phenoxy) is 2. The average molecular weight is 298 g/mol.